The fourth-order valence-corrected chi connectivity index (χ4v) is 4.61. The van der Waals surface area contributed by atoms with Crippen molar-refractivity contribution in [3.8, 4) is 11.5 Å². The third-order valence-electron chi connectivity index (χ3n) is 6.90. The number of anilines is 3. The van der Waals surface area contributed by atoms with Crippen molar-refractivity contribution in [2.24, 2.45) is 0 Å². The molecule has 0 aliphatic carbocycles. The Bertz CT molecular complexity index is 988. The number of nitro benzene ring substituents is 1. The monoisotopic (exact) mass is 500 g/mol. The van der Waals surface area contributed by atoms with Crippen molar-refractivity contribution in [2.45, 2.75) is 13.8 Å². The molecule has 4 rings (SSSR count). The summed E-state index contributed by atoms with van der Waals surface area (Å²) in [6.07, 6.45) is 0. The average molecular weight is 501 g/mol. The molecule has 2 aromatic carbocycles. The number of ether oxygens (including phenoxy) is 2. The number of nitrogen functional groups attached to an aromatic ring is 1. The molecule has 0 spiro atoms. The van der Waals surface area contributed by atoms with E-state index in [-0.39, 0.29) is 5.69 Å². The van der Waals surface area contributed by atoms with E-state index in [1.54, 1.807) is 20.3 Å². The van der Waals surface area contributed by atoms with Crippen molar-refractivity contribution < 1.29 is 14.4 Å². The van der Waals surface area contributed by atoms with Gasteiger partial charge in [0.1, 0.15) is 11.5 Å². The van der Waals surface area contributed by atoms with Crippen molar-refractivity contribution in [2.75, 3.05) is 95.2 Å². The number of hydrogen-bond acceptors (Lipinski definition) is 9. The van der Waals surface area contributed by atoms with Crippen molar-refractivity contribution in [1.82, 2.24) is 9.80 Å². The Labute approximate surface area is 214 Å². The number of piperazine rings is 2. The number of nitrogens with two attached hydrogens (primary N) is 1. The van der Waals surface area contributed by atoms with Crippen LogP contribution in [-0.2, 0) is 0 Å². The van der Waals surface area contributed by atoms with Gasteiger partial charge in [-0.3, -0.25) is 10.1 Å². The van der Waals surface area contributed by atoms with Gasteiger partial charge in [-0.1, -0.05) is 13.8 Å². The van der Waals surface area contributed by atoms with Crippen LogP contribution in [0.2, 0.25) is 0 Å². The smallest absolute Gasteiger partial charge is 0.273 e. The molecule has 10 nitrogen and oxygen atoms in total. The van der Waals surface area contributed by atoms with E-state index in [1.165, 1.54) is 12.1 Å². The second-order valence-electron chi connectivity index (χ2n) is 8.89. The van der Waals surface area contributed by atoms with Crippen LogP contribution >= 0.6 is 0 Å². The Balaban J connectivity index is 0.000000202. The van der Waals surface area contributed by atoms with Crippen molar-refractivity contribution in [3.05, 3.63) is 46.5 Å². The zero-order chi connectivity index (χ0) is 26.1. The third-order valence-corrected chi connectivity index (χ3v) is 6.90. The van der Waals surface area contributed by atoms with Crippen LogP contribution in [0.4, 0.5) is 22.7 Å². The van der Waals surface area contributed by atoms with Crippen LogP contribution in [0.5, 0.6) is 11.5 Å². The SMILES string of the molecule is CCN1CCN(c2ccc(N)cc2OC)CC1.CCN1CCN(c2ccc([N+](=O)[O-])cc2OC)CC1. The van der Waals surface area contributed by atoms with Crippen LogP contribution in [-0.4, -0.2) is 94.4 Å². The standard InChI is InChI=1S/C13H19N3O3.C13H21N3O/c1-3-14-6-8-15(9-7-14)12-5-4-11(16(17)18)10-13(12)19-2;1-3-15-6-8-16(9-7-15)12-5-4-11(14)10-13(12)17-2/h4-5,10H,3,6-9H2,1-2H3;4-5,10H,3,6-9,14H2,1-2H3. The van der Waals surface area contributed by atoms with Gasteiger partial charge in [0.2, 0.25) is 0 Å². The van der Waals surface area contributed by atoms with Gasteiger partial charge in [0, 0.05) is 70.2 Å². The maximum atomic E-state index is 10.8. The van der Waals surface area contributed by atoms with Gasteiger partial charge in [0.25, 0.3) is 5.69 Å². The molecule has 2 aliphatic heterocycles. The molecule has 0 bridgehead atoms. The Morgan fingerprint density at radius 1 is 0.778 bits per heavy atom. The largest absolute Gasteiger partial charge is 0.495 e. The van der Waals surface area contributed by atoms with Crippen LogP contribution in [0.1, 0.15) is 13.8 Å². The Kier molecular flexibility index (Phi) is 10.0. The highest BCUT2D eigenvalue weighted by Crippen LogP contribution is 2.33. The molecule has 0 aromatic heterocycles. The summed E-state index contributed by atoms with van der Waals surface area (Å²) in [5.41, 5.74) is 8.66. The molecule has 2 N–H and O–H groups in total. The zero-order valence-corrected chi connectivity index (χ0v) is 22.0. The molecule has 0 atom stereocenters. The summed E-state index contributed by atoms with van der Waals surface area (Å²) in [5.74, 6) is 1.44. The highest BCUT2D eigenvalue weighted by molar-refractivity contribution is 5.64. The van der Waals surface area contributed by atoms with Gasteiger partial charge in [0.15, 0.2) is 0 Å². The summed E-state index contributed by atoms with van der Waals surface area (Å²) in [5, 5.41) is 10.8. The first kappa shape index (κ1) is 27.3. The molecule has 198 valence electrons. The second-order valence-corrected chi connectivity index (χ2v) is 8.89. The van der Waals surface area contributed by atoms with E-state index >= 15 is 0 Å². The summed E-state index contributed by atoms with van der Waals surface area (Å²) in [4.78, 5) is 19.8. The van der Waals surface area contributed by atoms with Crippen LogP contribution < -0.4 is 25.0 Å². The summed E-state index contributed by atoms with van der Waals surface area (Å²) in [6.45, 7) is 14.7. The fourth-order valence-electron chi connectivity index (χ4n) is 4.61. The van der Waals surface area contributed by atoms with Gasteiger partial charge >= 0.3 is 0 Å². The Hall–Kier alpha value is -3.24. The molecule has 2 aromatic rings. The number of hydrogen-bond donors (Lipinski definition) is 1. The molecular formula is C26H40N6O4. The van der Waals surface area contributed by atoms with Gasteiger partial charge in [-0.2, -0.15) is 0 Å². The summed E-state index contributed by atoms with van der Waals surface area (Å²) in [7, 11) is 3.24. The first-order valence-electron chi connectivity index (χ1n) is 12.6. The maximum Gasteiger partial charge on any atom is 0.273 e. The normalized spacial score (nSPS) is 16.8. The van der Waals surface area contributed by atoms with Crippen molar-refractivity contribution in [3.63, 3.8) is 0 Å². The quantitative estimate of drug-likeness (QED) is 0.349. The third kappa shape index (κ3) is 6.92. The van der Waals surface area contributed by atoms with E-state index < -0.39 is 4.92 Å². The molecule has 0 saturated carbocycles. The number of likely N-dealkylation sites (N-methyl/N-ethyl adjacent to an activating group) is 2. The number of methoxy groups -OCH3 is 2. The Morgan fingerprint density at radius 2 is 1.22 bits per heavy atom. The number of nitro groups is 1. The molecule has 2 saturated heterocycles. The molecule has 2 fully saturated rings. The number of benzene rings is 2. The molecule has 0 unspecified atom stereocenters. The summed E-state index contributed by atoms with van der Waals surface area (Å²) >= 11 is 0. The fraction of sp³-hybridized carbons (Fsp3) is 0.538. The number of rotatable bonds is 7. The lowest BCUT2D eigenvalue weighted by Gasteiger charge is -2.36. The van der Waals surface area contributed by atoms with E-state index in [4.69, 9.17) is 15.2 Å². The van der Waals surface area contributed by atoms with Crippen LogP contribution in [0, 0.1) is 10.1 Å². The maximum absolute atomic E-state index is 10.8. The lowest BCUT2D eigenvalue weighted by molar-refractivity contribution is -0.384. The van der Waals surface area contributed by atoms with Gasteiger partial charge in [-0.25, -0.2) is 0 Å². The molecule has 10 heteroatoms. The average Bonchev–Trinajstić information content (AvgIpc) is 2.93. The van der Waals surface area contributed by atoms with Gasteiger partial charge in [0.05, 0.1) is 36.6 Å². The minimum Gasteiger partial charge on any atom is -0.495 e. The van der Waals surface area contributed by atoms with Gasteiger partial charge < -0.3 is 34.8 Å². The van der Waals surface area contributed by atoms with Crippen LogP contribution in [0.25, 0.3) is 0 Å². The first-order valence-corrected chi connectivity index (χ1v) is 12.6. The van der Waals surface area contributed by atoms with E-state index in [9.17, 15) is 10.1 Å². The van der Waals surface area contributed by atoms with E-state index in [0.29, 0.717) is 5.75 Å². The molecule has 0 radical (unpaired) electrons. The van der Waals surface area contributed by atoms with Crippen molar-refractivity contribution >= 4 is 22.7 Å². The van der Waals surface area contributed by atoms with Crippen LogP contribution in [0.15, 0.2) is 36.4 Å². The van der Waals surface area contributed by atoms with Crippen LogP contribution in [0.3, 0.4) is 0 Å². The Morgan fingerprint density at radius 3 is 1.64 bits per heavy atom. The van der Waals surface area contributed by atoms with E-state index in [0.717, 1.165) is 88.3 Å². The molecule has 0 amide bonds. The summed E-state index contributed by atoms with van der Waals surface area (Å²) in [6, 6.07) is 10.7. The minimum absolute atomic E-state index is 0.0628. The lowest BCUT2D eigenvalue weighted by Crippen LogP contribution is -2.46. The van der Waals surface area contributed by atoms with Crippen molar-refractivity contribution in [1.29, 1.82) is 0 Å². The molecule has 2 aliphatic rings. The van der Waals surface area contributed by atoms with Gasteiger partial charge in [-0.05, 0) is 31.3 Å². The topological polar surface area (TPSA) is 101 Å². The predicted molar refractivity (Wildman–Crippen MR) is 146 cm³/mol. The lowest BCUT2D eigenvalue weighted by atomic mass is 10.2. The number of non-ortho nitro benzene ring substituents is 1. The second kappa shape index (κ2) is 13.2. The molecule has 2 heterocycles. The van der Waals surface area contributed by atoms with Gasteiger partial charge in [-0.15, -0.1) is 0 Å². The zero-order valence-electron chi connectivity index (χ0n) is 22.0. The molecule has 36 heavy (non-hydrogen) atoms. The number of nitrogens with zero attached hydrogens (tertiary/aromatic N) is 5. The first-order chi connectivity index (χ1) is 17.4. The highest BCUT2D eigenvalue weighted by atomic mass is 16.6. The molecular weight excluding hydrogens is 460 g/mol. The minimum atomic E-state index is -0.401. The highest BCUT2D eigenvalue weighted by Gasteiger charge is 2.21. The summed E-state index contributed by atoms with van der Waals surface area (Å²) < 4.78 is 10.7. The predicted octanol–water partition coefficient (Wildman–Crippen LogP) is 3.16. The van der Waals surface area contributed by atoms with E-state index in [2.05, 4.69) is 39.5 Å². The van der Waals surface area contributed by atoms with E-state index in [1.807, 2.05) is 12.1 Å².